The Morgan fingerprint density at radius 3 is 2.15 bits per heavy atom. The van der Waals surface area contributed by atoms with Crippen molar-refractivity contribution in [2.75, 3.05) is 25.1 Å². The Labute approximate surface area is 283 Å². The summed E-state index contributed by atoms with van der Waals surface area (Å²) in [7, 11) is -1.38. The van der Waals surface area contributed by atoms with Crippen molar-refractivity contribution in [2.24, 2.45) is 0 Å². The summed E-state index contributed by atoms with van der Waals surface area (Å²) in [6.07, 6.45) is 4.09. The number of hydrogen-bond donors (Lipinski definition) is 1. The van der Waals surface area contributed by atoms with Gasteiger partial charge in [0.1, 0.15) is 24.1 Å². The third kappa shape index (κ3) is 8.17. The summed E-state index contributed by atoms with van der Waals surface area (Å²) in [5, 5.41) is 3.21. The van der Waals surface area contributed by atoms with Gasteiger partial charge in [0.15, 0.2) is 0 Å². The van der Waals surface area contributed by atoms with Crippen LogP contribution in [-0.2, 0) is 32.6 Å². The van der Waals surface area contributed by atoms with Crippen LogP contribution < -0.4 is 19.1 Å². The molecular formula is C38H43N3O6S. The van der Waals surface area contributed by atoms with E-state index in [1.165, 1.54) is 37.3 Å². The fraction of sp³-hybridized carbons (Fsp3) is 0.316. The number of nitrogens with one attached hydrogen (secondary N) is 1. The highest BCUT2D eigenvalue weighted by Gasteiger charge is 2.36. The number of methoxy groups -OCH3 is 2. The smallest absolute Gasteiger partial charge is 0.264 e. The minimum Gasteiger partial charge on any atom is -0.497 e. The summed E-state index contributed by atoms with van der Waals surface area (Å²) in [6, 6.07) is 29.1. The standard InChI is InChI=1S/C38H43N3O6S/c1-28-14-10-11-17-30(28)26-40(35(24-29-15-6-4-7-16-29)38(43)39-31-18-12-13-19-31)37(42)27-41(48(44,45)33-20-8-5-9-21-33)34-25-32(46-2)22-23-36(34)47-3/h4-11,14-17,20-23,25,31,35H,12-13,18-19,24,26-27H2,1-3H3,(H,39,43)/t35-/m0/s1. The molecule has 0 saturated heterocycles. The molecule has 9 nitrogen and oxygen atoms in total. The van der Waals surface area contributed by atoms with Crippen LogP contribution in [0.5, 0.6) is 11.5 Å². The summed E-state index contributed by atoms with van der Waals surface area (Å²) < 4.78 is 40.8. The molecule has 2 amide bonds. The Kier molecular flexibility index (Phi) is 11.4. The van der Waals surface area contributed by atoms with Crippen molar-refractivity contribution in [2.45, 2.75) is 62.6 Å². The number of sulfonamides is 1. The van der Waals surface area contributed by atoms with E-state index in [2.05, 4.69) is 5.32 Å². The van der Waals surface area contributed by atoms with Gasteiger partial charge < -0.3 is 19.7 Å². The molecule has 10 heteroatoms. The van der Waals surface area contributed by atoms with Gasteiger partial charge in [0, 0.05) is 25.1 Å². The second-order valence-electron chi connectivity index (χ2n) is 12.0. The van der Waals surface area contributed by atoms with Crippen LogP contribution in [0.3, 0.4) is 0 Å². The van der Waals surface area contributed by atoms with Crippen molar-refractivity contribution in [1.82, 2.24) is 10.2 Å². The molecule has 5 rings (SSSR count). The maximum atomic E-state index is 14.8. The van der Waals surface area contributed by atoms with Crippen molar-refractivity contribution in [3.8, 4) is 11.5 Å². The topological polar surface area (TPSA) is 105 Å². The van der Waals surface area contributed by atoms with E-state index in [9.17, 15) is 18.0 Å². The van der Waals surface area contributed by atoms with Gasteiger partial charge in [-0.05, 0) is 60.7 Å². The first-order valence-corrected chi connectivity index (χ1v) is 17.6. The van der Waals surface area contributed by atoms with E-state index in [0.717, 1.165) is 46.7 Å². The summed E-state index contributed by atoms with van der Waals surface area (Å²) >= 11 is 0. The average Bonchev–Trinajstić information content (AvgIpc) is 3.63. The van der Waals surface area contributed by atoms with Gasteiger partial charge in [-0.25, -0.2) is 8.42 Å². The second-order valence-corrected chi connectivity index (χ2v) is 13.9. The fourth-order valence-electron chi connectivity index (χ4n) is 6.12. The van der Waals surface area contributed by atoms with Gasteiger partial charge in [-0.2, -0.15) is 0 Å². The molecule has 0 radical (unpaired) electrons. The lowest BCUT2D eigenvalue weighted by Gasteiger charge is -2.35. The molecule has 1 aliphatic carbocycles. The minimum atomic E-state index is -4.30. The van der Waals surface area contributed by atoms with E-state index in [1.54, 1.807) is 30.3 Å². The van der Waals surface area contributed by atoms with Crippen LogP contribution in [-0.4, -0.2) is 58.0 Å². The van der Waals surface area contributed by atoms with E-state index < -0.39 is 28.5 Å². The minimum absolute atomic E-state index is 0.00735. The zero-order valence-electron chi connectivity index (χ0n) is 27.7. The predicted molar refractivity (Wildman–Crippen MR) is 187 cm³/mol. The first-order valence-electron chi connectivity index (χ1n) is 16.2. The molecule has 0 spiro atoms. The number of carbonyl (C=O) groups is 2. The lowest BCUT2D eigenvalue weighted by Crippen LogP contribution is -2.54. The van der Waals surface area contributed by atoms with Gasteiger partial charge in [-0.1, -0.05) is 85.6 Å². The van der Waals surface area contributed by atoms with E-state index in [1.807, 2.05) is 61.5 Å². The molecule has 0 aliphatic heterocycles. The third-order valence-corrected chi connectivity index (χ3v) is 10.6. The number of nitrogens with zero attached hydrogens (tertiary/aromatic N) is 2. The lowest BCUT2D eigenvalue weighted by molar-refractivity contribution is -0.140. The highest BCUT2D eigenvalue weighted by molar-refractivity contribution is 7.92. The van der Waals surface area contributed by atoms with E-state index >= 15 is 0 Å². The fourth-order valence-corrected chi connectivity index (χ4v) is 7.55. The monoisotopic (exact) mass is 669 g/mol. The zero-order valence-corrected chi connectivity index (χ0v) is 28.5. The summed E-state index contributed by atoms with van der Waals surface area (Å²) in [4.78, 5) is 30.6. The van der Waals surface area contributed by atoms with Crippen LogP contribution >= 0.6 is 0 Å². The molecule has 0 unspecified atom stereocenters. The number of hydrogen-bond acceptors (Lipinski definition) is 6. The van der Waals surface area contributed by atoms with Crippen LogP contribution in [0.25, 0.3) is 0 Å². The summed E-state index contributed by atoms with van der Waals surface area (Å²) in [5.41, 5.74) is 2.83. The predicted octanol–water partition coefficient (Wildman–Crippen LogP) is 5.91. The van der Waals surface area contributed by atoms with Gasteiger partial charge in [0.25, 0.3) is 10.0 Å². The Hall–Kier alpha value is -4.83. The van der Waals surface area contributed by atoms with E-state index in [4.69, 9.17) is 9.47 Å². The molecule has 1 aliphatic rings. The van der Waals surface area contributed by atoms with Crippen molar-refractivity contribution in [1.29, 1.82) is 0 Å². The van der Waals surface area contributed by atoms with Crippen molar-refractivity contribution >= 4 is 27.5 Å². The van der Waals surface area contributed by atoms with Crippen LogP contribution in [0.1, 0.15) is 42.4 Å². The van der Waals surface area contributed by atoms with Gasteiger partial charge in [-0.3, -0.25) is 13.9 Å². The molecule has 1 saturated carbocycles. The maximum Gasteiger partial charge on any atom is 0.264 e. The maximum absolute atomic E-state index is 14.8. The number of carbonyl (C=O) groups excluding carboxylic acids is 2. The Bertz CT molecular complexity index is 1790. The molecule has 4 aromatic rings. The Balaban J connectivity index is 1.62. The second kappa shape index (κ2) is 15.8. The number of benzene rings is 4. The quantitative estimate of drug-likeness (QED) is 0.179. The Morgan fingerprint density at radius 1 is 0.854 bits per heavy atom. The van der Waals surface area contributed by atoms with Gasteiger partial charge in [0.05, 0.1) is 24.8 Å². The number of ether oxygens (including phenoxy) is 2. The van der Waals surface area contributed by atoms with Crippen LogP contribution in [0.15, 0.2) is 108 Å². The number of rotatable bonds is 14. The van der Waals surface area contributed by atoms with Crippen LogP contribution in [0.2, 0.25) is 0 Å². The van der Waals surface area contributed by atoms with E-state index in [-0.39, 0.29) is 41.2 Å². The number of amides is 2. The molecule has 1 fully saturated rings. The first-order chi connectivity index (χ1) is 23.2. The highest BCUT2D eigenvalue weighted by atomic mass is 32.2. The van der Waals surface area contributed by atoms with Gasteiger partial charge in [-0.15, -0.1) is 0 Å². The normalized spacial score (nSPS) is 13.8. The Morgan fingerprint density at radius 2 is 1.50 bits per heavy atom. The van der Waals surface area contributed by atoms with Crippen LogP contribution in [0, 0.1) is 6.92 Å². The molecule has 48 heavy (non-hydrogen) atoms. The lowest BCUT2D eigenvalue weighted by atomic mass is 10.0. The molecule has 0 heterocycles. The number of aryl methyl sites for hydroxylation is 1. The highest BCUT2D eigenvalue weighted by Crippen LogP contribution is 2.36. The largest absolute Gasteiger partial charge is 0.497 e. The summed E-state index contributed by atoms with van der Waals surface area (Å²) in [6.45, 7) is 1.47. The van der Waals surface area contributed by atoms with Gasteiger partial charge >= 0.3 is 0 Å². The van der Waals surface area contributed by atoms with Crippen molar-refractivity contribution in [3.63, 3.8) is 0 Å². The van der Waals surface area contributed by atoms with Crippen molar-refractivity contribution < 1.29 is 27.5 Å². The molecular weight excluding hydrogens is 627 g/mol. The number of anilines is 1. The SMILES string of the molecule is COc1ccc(OC)c(N(CC(=O)N(Cc2ccccc2C)[C@@H](Cc2ccccc2)C(=O)NC2CCCC2)S(=O)(=O)c2ccccc2)c1. The molecule has 1 N–H and O–H groups in total. The molecule has 0 aromatic heterocycles. The third-order valence-electron chi connectivity index (χ3n) is 8.84. The summed E-state index contributed by atoms with van der Waals surface area (Å²) in [5.74, 6) is -0.163. The van der Waals surface area contributed by atoms with Crippen LogP contribution in [0.4, 0.5) is 5.69 Å². The molecule has 252 valence electrons. The van der Waals surface area contributed by atoms with Crippen molar-refractivity contribution in [3.05, 3.63) is 120 Å². The average molecular weight is 670 g/mol. The first kappa shape index (κ1) is 34.5. The molecule has 4 aromatic carbocycles. The zero-order chi connectivity index (χ0) is 34.1. The van der Waals surface area contributed by atoms with Gasteiger partial charge in [0.2, 0.25) is 11.8 Å². The molecule has 0 bridgehead atoms. The molecule has 1 atom stereocenters. The van der Waals surface area contributed by atoms with E-state index in [0.29, 0.717) is 5.75 Å².